The lowest BCUT2D eigenvalue weighted by atomic mass is 9.85. The molecule has 0 aliphatic heterocycles. The van der Waals surface area contributed by atoms with Crippen molar-refractivity contribution in [3.05, 3.63) is 0 Å². The number of unbranched alkanes of at least 4 members (excludes halogenated alkanes) is 1. The molecule has 1 N–H and O–H groups in total. The Labute approximate surface area is 110 Å². The van der Waals surface area contributed by atoms with Gasteiger partial charge in [0.2, 0.25) is 5.91 Å². The second-order valence-electron chi connectivity index (χ2n) is 5.87. The summed E-state index contributed by atoms with van der Waals surface area (Å²) >= 11 is 0. The molecular weight excluding hydrogens is 226 g/mol. The van der Waals surface area contributed by atoms with Gasteiger partial charge in [-0.25, -0.2) is 0 Å². The van der Waals surface area contributed by atoms with E-state index in [0.717, 1.165) is 25.2 Å². The van der Waals surface area contributed by atoms with Crippen LogP contribution in [0.3, 0.4) is 0 Å². The third-order valence-corrected chi connectivity index (χ3v) is 4.39. The molecule has 0 heterocycles. The van der Waals surface area contributed by atoms with Gasteiger partial charge in [-0.05, 0) is 18.8 Å². The van der Waals surface area contributed by atoms with E-state index < -0.39 is 0 Å². The van der Waals surface area contributed by atoms with Crippen molar-refractivity contribution in [2.45, 2.75) is 76.7 Å². The van der Waals surface area contributed by atoms with E-state index >= 15 is 0 Å². The average Bonchev–Trinajstić information content (AvgIpc) is 2.40. The lowest BCUT2D eigenvalue weighted by molar-refractivity contribution is -0.132. The van der Waals surface area contributed by atoms with Gasteiger partial charge >= 0.3 is 0 Å². The molecule has 3 heteroatoms. The third kappa shape index (κ3) is 4.11. The zero-order chi connectivity index (χ0) is 12.8. The molecule has 0 aromatic heterocycles. The molecule has 2 rings (SSSR count). The molecule has 2 fully saturated rings. The van der Waals surface area contributed by atoms with Gasteiger partial charge in [0.15, 0.2) is 5.78 Å². The minimum atomic E-state index is -0.157. The van der Waals surface area contributed by atoms with Crippen LogP contribution in [0, 0.1) is 5.92 Å². The Kier molecular flexibility index (Phi) is 5.21. The number of nitrogens with one attached hydrogen (secondary N) is 1. The summed E-state index contributed by atoms with van der Waals surface area (Å²) in [5.74, 6) is 1.18. The molecule has 0 unspecified atom stereocenters. The average molecular weight is 251 g/mol. The van der Waals surface area contributed by atoms with E-state index in [4.69, 9.17) is 0 Å². The molecule has 2 saturated carbocycles. The van der Waals surface area contributed by atoms with E-state index in [0.29, 0.717) is 12.8 Å². The number of Topliss-reactive ketones (excluding diaryl/α,β-unsaturated/α-hetero) is 1. The first-order chi connectivity index (χ1) is 8.75. The van der Waals surface area contributed by atoms with Gasteiger partial charge < -0.3 is 5.32 Å². The molecule has 0 bridgehead atoms. The van der Waals surface area contributed by atoms with Crippen LogP contribution >= 0.6 is 0 Å². The summed E-state index contributed by atoms with van der Waals surface area (Å²) in [6.45, 7) is 0. The number of hydrogen-bond acceptors (Lipinski definition) is 2. The number of rotatable bonds is 6. The van der Waals surface area contributed by atoms with E-state index in [-0.39, 0.29) is 17.7 Å². The summed E-state index contributed by atoms with van der Waals surface area (Å²) in [6, 6.07) is -0.157. The first-order valence-electron chi connectivity index (χ1n) is 7.58. The number of carbonyl (C=O) groups excluding carboxylic acids is 2. The van der Waals surface area contributed by atoms with Crippen LogP contribution in [0.2, 0.25) is 0 Å². The van der Waals surface area contributed by atoms with E-state index in [2.05, 4.69) is 5.32 Å². The Balaban J connectivity index is 1.49. The minimum absolute atomic E-state index is 0.0664. The summed E-state index contributed by atoms with van der Waals surface area (Å²) in [4.78, 5) is 22.7. The number of carbonyl (C=O) groups is 2. The predicted molar refractivity (Wildman–Crippen MR) is 71.2 cm³/mol. The predicted octanol–water partition coefficient (Wildman–Crippen LogP) is 2.97. The van der Waals surface area contributed by atoms with Crippen molar-refractivity contribution < 1.29 is 9.59 Å². The molecule has 2 aliphatic carbocycles. The van der Waals surface area contributed by atoms with Crippen LogP contribution in [0.4, 0.5) is 0 Å². The number of amides is 1. The molecule has 0 spiro atoms. The molecule has 18 heavy (non-hydrogen) atoms. The van der Waals surface area contributed by atoms with Crippen molar-refractivity contribution in [2.75, 3.05) is 0 Å². The topological polar surface area (TPSA) is 46.2 Å². The summed E-state index contributed by atoms with van der Waals surface area (Å²) in [5, 5.41) is 2.82. The molecule has 0 aromatic carbocycles. The fraction of sp³-hybridized carbons (Fsp3) is 0.867. The van der Waals surface area contributed by atoms with Crippen molar-refractivity contribution in [1.29, 1.82) is 0 Å². The Morgan fingerprint density at radius 1 is 1.11 bits per heavy atom. The number of hydrogen-bond donors (Lipinski definition) is 1. The molecule has 1 atom stereocenters. The third-order valence-electron chi connectivity index (χ3n) is 4.39. The highest BCUT2D eigenvalue weighted by molar-refractivity contribution is 5.93. The van der Waals surface area contributed by atoms with Crippen LogP contribution in [0.5, 0.6) is 0 Å². The van der Waals surface area contributed by atoms with E-state index in [9.17, 15) is 9.59 Å². The van der Waals surface area contributed by atoms with Gasteiger partial charge in [-0.1, -0.05) is 44.9 Å². The highest BCUT2D eigenvalue weighted by Crippen LogP contribution is 2.27. The van der Waals surface area contributed by atoms with Crippen molar-refractivity contribution >= 4 is 11.7 Å². The zero-order valence-corrected chi connectivity index (χ0v) is 11.2. The zero-order valence-electron chi connectivity index (χ0n) is 11.2. The summed E-state index contributed by atoms with van der Waals surface area (Å²) in [5.41, 5.74) is 0. The smallest absolute Gasteiger partial charge is 0.220 e. The van der Waals surface area contributed by atoms with Crippen LogP contribution in [0.25, 0.3) is 0 Å². The molecule has 2 aliphatic rings. The van der Waals surface area contributed by atoms with Crippen molar-refractivity contribution in [1.82, 2.24) is 5.32 Å². The molecule has 0 radical (unpaired) electrons. The van der Waals surface area contributed by atoms with Gasteiger partial charge in [0.25, 0.3) is 0 Å². The molecule has 1 amide bonds. The molecule has 3 nitrogen and oxygen atoms in total. The first kappa shape index (κ1) is 13.6. The van der Waals surface area contributed by atoms with Crippen molar-refractivity contribution in [2.24, 2.45) is 5.92 Å². The lowest BCUT2D eigenvalue weighted by Crippen LogP contribution is -2.47. The second kappa shape index (κ2) is 6.91. The normalized spacial score (nSPS) is 24.7. The van der Waals surface area contributed by atoms with Crippen molar-refractivity contribution in [3.8, 4) is 0 Å². The van der Waals surface area contributed by atoms with Crippen LogP contribution < -0.4 is 5.32 Å². The van der Waals surface area contributed by atoms with Crippen LogP contribution in [0.15, 0.2) is 0 Å². The maximum absolute atomic E-state index is 11.6. The summed E-state index contributed by atoms with van der Waals surface area (Å²) in [6.07, 6.45) is 12.5. The van der Waals surface area contributed by atoms with E-state index in [1.54, 1.807) is 0 Å². The molecule has 102 valence electrons. The van der Waals surface area contributed by atoms with Gasteiger partial charge in [-0.2, -0.15) is 0 Å². The van der Waals surface area contributed by atoms with Crippen molar-refractivity contribution in [3.63, 3.8) is 0 Å². The Bertz CT molecular complexity index is 295. The van der Waals surface area contributed by atoms with Gasteiger partial charge in [0.1, 0.15) is 0 Å². The second-order valence-corrected chi connectivity index (χ2v) is 5.87. The quantitative estimate of drug-likeness (QED) is 0.738. The Hall–Kier alpha value is -0.860. The van der Waals surface area contributed by atoms with Gasteiger partial charge in [-0.3, -0.25) is 9.59 Å². The SMILES string of the molecule is O=C(CCCCC1CCCCC1)N[C@H]1CCC1=O. The van der Waals surface area contributed by atoms with Gasteiger partial charge in [0.05, 0.1) is 6.04 Å². The lowest BCUT2D eigenvalue weighted by Gasteiger charge is -2.25. The minimum Gasteiger partial charge on any atom is -0.346 e. The maximum atomic E-state index is 11.6. The highest BCUT2D eigenvalue weighted by Gasteiger charge is 2.28. The fourth-order valence-electron chi connectivity index (χ4n) is 3.02. The van der Waals surface area contributed by atoms with Crippen LogP contribution in [0.1, 0.15) is 70.6 Å². The maximum Gasteiger partial charge on any atom is 0.220 e. The van der Waals surface area contributed by atoms with Gasteiger partial charge in [-0.15, -0.1) is 0 Å². The van der Waals surface area contributed by atoms with Crippen LogP contribution in [-0.4, -0.2) is 17.7 Å². The monoisotopic (exact) mass is 251 g/mol. The molecular formula is C15H25NO2. The fourth-order valence-corrected chi connectivity index (χ4v) is 3.02. The summed E-state index contributed by atoms with van der Waals surface area (Å²) < 4.78 is 0. The van der Waals surface area contributed by atoms with Gasteiger partial charge in [0, 0.05) is 12.8 Å². The first-order valence-corrected chi connectivity index (χ1v) is 7.58. The molecule has 0 aromatic rings. The van der Waals surface area contributed by atoms with Crippen LogP contribution in [-0.2, 0) is 9.59 Å². The largest absolute Gasteiger partial charge is 0.346 e. The Morgan fingerprint density at radius 2 is 1.89 bits per heavy atom. The Morgan fingerprint density at radius 3 is 2.50 bits per heavy atom. The highest BCUT2D eigenvalue weighted by atomic mass is 16.2. The standard InChI is InChI=1S/C15H25NO2/c17-14-11-10-13(14)16-15(18)9-5-4-8-12-6-2-1-3-7-12/h12-13H,1-11H2,(H,16,18)/t13-/m0/s1. The molecule has 0 saturated heterocycles. The number of ketones is 1. The van der Waals surface area contributed by atoms with E-state index in [1.807, 2.05) is 0 Å². The summed E-state index contributed by atoms with van der Waals surface area (Å²) in [7, 11) is 0. The van der Waals surface area contributed by atoms with E-state index in [1.165, 1.54) is 38.5 Å².